The first-order valence-electron chi connectivity index (χ1n) is 6.57. The number of ether oxygens (including phenoxy) is 1. The Balaban J connectivity index is 2.98. The topological polar surface area (TPSA) is 58.7 Å². The highest BCUT2D eigenvalue weighted by Gasteiger charge is 2.23. The summed E-state index contributed by atoms with van der Waals surface area (Å²) in [4.78, 5) is 2.01. The second-order valence-corrected chi connectivity index (χ2v) is 5.78. The molecule has 0 saturated carbocycles. The summed E-state index contributed by atoms with van der Waals surface area (Å²) in [5.74, 6) is 0.450. The monoisotopic (exact) mass is 320 g/mol. The Kier molecular flexibility index (Phi) is 7.06. The number of halogens is 2. The van der Waals surface area contributed by atoms with Crippen LogP contribution in [0.4, 0.5) is 0 Å². The quantitative estimate of drug-likeness (QED) is 0.811. The maximum Gasteiger partial charge on any atom is 0.143 e. The van der Waals surface area contributed by atoms with Crippen molar-refractivity contribution in [2.24, 2.45) is 5.73 Å². The van der Waals surface area contributed by atoms with E-state index in [1.54, 1.807) is 12.1 Å². The van der Waals surface area contributed by atoms with Gasteiger partial charge in [0, 0.05) is 16.6 Å². The molecule has 0 spiro atoms. The van der Waals surface area contributed by atoms with Crippen LogP contribution in [0.15, 0.2) is 12.1 Å². The Morgan fingerprint density at radius 2 is 2.00 bits per heavy atom. The number of rotatable bonds is 7. The molecule has 20 heavy (non-hydrogen) atoms. The predicted molar refractivity (Wildman–Crippen MR) is 83.7 cm³/mol. The van der Waals surface area contributed by atoms with E-state index in [2.05, 4.69) is 0 Å². The van der Waals surface area contributed by atoms with Gasteiger partial charge in [0.05, 0.1) is 17.7 Å². The summed E-state index contributed by atoms with van der Waals surface area (Å²) in [6, 6.07) is 2.83. The number of nitrogens with two attached hydrogens (primary N) is 1. The third-order valence-corrected chi connectivity index (χ3v) is 3.46. The minimum atomic E-state index is -0.868. The minimum Gasteiger partial charge on any atom is -0.492 e. The summed E-state index contributed by atoms with van der Waals surface area (Å²) in [7, 11) is 3.92. The van der Waals surface area contributed by atoms with Gasteiger partial charge in [0.15, 0.2) is 0 Å². The molecule has 1 aromatic rings. The summed E-state index contributed by atoms with van der Waals surface area (Å²) in [5.41, 5.74) is 6.58. The molecule has 3 N–H and O–H groups in total. The molecule has 0 radical (unpaired) electrons. The fraction of sp³-hybridized carbons (Fsp3) is 0.571. The van der Waals surface area contributed by atoms with E-state index in [0.717, 1.165) is 6.54 Å². The molecule has 4 nitrogen and oxygen atoms in total. The molecule has 0 saturated heterocycles. The van der Waals surface area contributed by atoms with Gasteiger partial charge in [-0.1, -0.05) is 23.2 Å². The Labute approximate surface area is 130 Å². The van der Waals surface area contributed by atoms with Crippen LogP contribution in [-0.2, 0) is 0 Å². The van der Waals surface area contributed by atoms with Crippen LogP contribution in [0, 0.1) is 0 Å². The smallest absolute Gasteiger partial charge is 0.143 e. The van der Waals surface area contributed by atoms with Crippen LogP contribution in [0.25, 0.3) is 0 Å². The average Bonchev–Trinajstić information content (AvgIpc) is 2.38. The average molecular weight is 321 g/mol. The van der Waals surface area contributed by atoms with Gasteiger partial charge in [-0.3, -0.25) is 0 Å². The molecular formula is C14H22Cl2N2O2. The zero-order chi connectivity index (χ0) is 15.3. The number of hydrogen-bond acceptors (Lipinski definition) is 4. The normalized spacial score (nSPS) is 14.4. The van der Waals surface area contributed by atoms with E-state index in [1.807, 2.05) is 25.9 Å². The lowest BCUT2D eigenvalue weighted by atomic mass is 9.99. The van der Waals surface area contributed by atoms with Crippen LogP contribution in [0.1, 0.15) is 25.0 Å². The van der Waals surface area contributed by atoms with Crippen molar-refractivity contribution in [2.45, 2.75) is 25.5 Å². The fourth-order valence-electron chi connectivity index (χ4n) is 1.89. The van der Waals surface area contributed by atoms with Crippen LogP contribution < -0.4 is 10.5 Å². The lowest BCUT2D eigenvalue weighted by Gasteiger charge is -2.23. The molecule has 0 aromatic heterocycles. The molecule has 6 heteroatoms. The summed E-state index contributed by atoms with van der Waals surface area (Å²) >= 11 is 12.1. The van der Waals surface area contributed by atoms with E-state index >= 15 is 0 Å². The maximum atomic E-state index is 10.4. The molecule has 0 amide bonds. The minimum absolute atomic E-state index is 0.383. The van der Waals surface area contributed by atoms with Crippen molar-refractivity contribution in [1.29, 1.82) is 0 Å². The molecule has 114 valence electrons. The first-order chi connectivity index (χ1) is 9.36. The van der Waals surface area contributed by atoms with Crippen LogP contribution in [0.5, 0.6) is 5.75 Å². The summed E-state index contributed by atoms with van der Waals surface area (Å²) < 4.78 is 5.50. The predicted octanol–water partition coefficient (Wildman–Crippen LogP) is 2.70. The van der Waals surface area contributed by atoms with Crippen molar-refractivity contribution in [2.75, 3.05) is 27.2 Å². The molecule has 0 bridgehead atoms. The first kappa shape index (κ1) is 17.5. The summed E-state index contributed by atoms with van der Waals surface area (Å²) in [5, 5.41) is 11.3. The molecule has 2 unspecified atom stereocenters. The fourth-order valence-corrected chi connectivity index (χ4v) is 2.46. The highest BCUT2D eigenvalue weighted by Crippen LogP contribution is 2.37. The second kappa shape index (κ2) is 8.05. The number of hydrogen-bond donors (Lipinski definition) is 2. The van der Waals surface area contributed by atoms with Gasteiger partial charge in [0.25, 0.3) is 0 Å². The van der Waals surface area contributed by atoms with Gasteiger partial charge in [-0.15, -0.1) is 0 Å². The summed E-state index contributed by atoms with van der Waals surface area (Å²) in [6.07, 6.45) is -0.211. The van der Waals surface area contributed by atoms with Gasteiger partial charge >= 0.3 is 0 Å². The molecule has 0 aliphatic heterocycles. The first-order valence-corrected chi connectivity index (χ1v) is 7.32. The molecule has 0 heterocycles. The Bertz CT molecular complexity index is 441. The highest BCUT2D eigenvalue weighted by molar-refractivity contribution is 6.35. The van der Waals surface area contributed by atoms with Crippen molar-refractivity contribution in [3.8, 4) is 5.75 Å². The summed E-state index contributed by atoms with van der Waals surface area (Å²) in [6.45, 7) is 3.09. The van der Waals surface area contributed by atoms with Crippen LogP contribution in [-0.4, -0.2) is 43.3 Å². The molecule has 1 rings (SSSR count). The zero-order valence-corrected chi connectivity index (χ0v) is 13.6. The van der Waals surface area contributed by atoms with Gasteiger partial charge < -0.3 is 20.5 Å². The van der Waals surface area contributed by atoms with Gasteiger partial charge in [0.1, 0.15) is 5.75 Å². The Morgan fingerprint density at radius 1 is 1.35 bits per heavy atom. The molecule has 0 aliphatic rings. The standard InChI is InChI=1S/C14H22Cl2N2O2/c1-4-20-14-10(7-9(15)8-11(14)16)13(19)12(17)5-6-18(2)3/h7-8,12-13,19H,4-6,17H2,1-3H3. The van der Waals surface area contributed by atoms with Crippen molar-refractivity contribution in [3.63, 3.8) is 0 Å². The van der Waals surface area contributed by atoms with E-state index in [1.165, 1.54) is 0 Å². The largest absolute Gasteiger partial charge is 0.492 e. The number of benzene rings is 1. The molecule has 0 fully saturated rings. The lowest BCUT2D eigenvalue weighted by Crippen LogP contribution is -2.32. The van der Waals surface area contributed by atoms with Crippen LogP contribution in [0.2, 0.25) is 10.0 Å². The van der Waals surface area contributed by atoms with Gasteiger partial charge in [-0.2, -0.15) is 0 Å². The van der Waals surface area contributed by atoms with Gasteiger partial charge in [0.2, 0.25) is 0 Å². The molecule has 0 aliphatic carbocycles. The van der Waals surface area contributed by atoms with E-state index in [-0.39, 0.29) is 0 Å². The number of aliphatic hydroxyl groups excluding tert-OH is 1. The second-order valence-electron chi connectivity index (χ2n) is 4.94. The van der Waals surface area contributed by atoms with Gasteiger partial charge in [-0.25, -0.2) is 0 Å². The van der Waals surface area contributed by atoms with Crippen molar-refractivity contribution in [3.05, 3.63) is 27.7 Å². The molecule has 2 atom stereocenters. The number of aliphatic hydroxyl groups is 1. The van der Waals surface area contributed by atoms with E-state index in [4.69, 9.17) is 33.7 Å². The third-order valence-electron chi connectivity index (χ3n) is 2.96. The Morgan fingerprint density at radius 3 is 2.55 bits per heavy atom. The SMILES string of the molecule is CCOc1c(Cl)cc(Cl)cc1C(O)C(N)CCN(C)C. The molecule has 1 aromatic carbocycles. The van der Waals surface area contributed by atoms with E-state index in [9.17, 15) is 5.11 Å². The highest BCUT2D eigenvalue weighted by atomic mass is 35.5. The van der Waals surface area contributed by atoms with Crippen LogP contribution >= 0.6 is 23.2 Å². The van der Waals surface area contributed by atoms with E-state index in [0.29, 0.717) is 34.4 Å². The van der Waals surface area contributed by atoms with Gasteiger partial charge in [-0.05, 0) is 46.1 Å². The maximum absolute atomic E-state index is 10.4. The molecular weight excluding hydrogens is 299 g/mol. The van der Waals surface area contributed by atoms with Crippen molar-refractivity contribution >= 4 is 23.2 Å². The zero-order valence-electron chi connectivity index (χ0n) is 12.1. The lowest BCUT2D eigenvalue weighted by molar-refractivity contribution is 0.133. The van der Waals surface area contributed by atoms with E-state index < -0.39 is 12.1 Å². The third kappa shape index (κ3) is 4.79. The van der Waals surface area contributed by atoms with Crippen molar-refractivity contribution in [1.82, 2.24) is 4.90 Å². The number of nitrogens with zero attached hydrogens (tertiary/aromatic N) is 1. The van der Waals surface area contributed by atoms with Crippen molar-refractivity contribution < 1.29 is 9.84 Å². The Hall–Kier alpha value is -0.520. The van der Waals surface area contributed by atoms with Crippen LogP contribution in [0.3, 0.4) is 0 Å².